The normalized spacial score (nSPS) is 22.1. The monoisotopic (exact) mass is 569 g/mol. The van der Waals surface area contributed by atoms with Crippen molar-refractivity contribution in [1.82, 2.24) is 14.9 Å². The Morgan fingerprint density at radius 2 is 1.89 bits per heavy atom. The molecule has 2 atom stereocenters. The van der Waals surface area contributed by atoms with Gasteiger partial charge in [-0.2, -0.15) is 0 Å². The third-order valence-electron chi connectivity index (χ3n) is 7.42. The molecule has 2 aromatic heterocycles. The molecule has 190 valence electrons. The van der Waals surface area contributed by atoms with Crippen LogP contribution in [0.3, 0.4) is 0 Å². The average Bonchev–Trinajstić information content (AvgIpc) is 3.42. The number of likely N-dealkylation sites (tertiary alicyclic amines) is 1. The number of anilines is 2. The van der Waals surface area contributed by atoms with E-state index in [1.165, 1.54) is 12.1 Å². The molecule has 3 aliphatic rings. The second kappa shape index (κ2) is 9.17. The summed E-state index contributed by atoms with van der Waals surface area (Å²) < 4.78 is 6.68. The van der Waals surface area contributed by atoms with E-state index in [1.54, 1.807) is 11.3 Å². The van der Waals surface area contributed by atoms with Crippen LogP contribution in [0.15, 0.2) is 34.9 Å². The summed E-state index contributed by atoms with van der Waals surface area (Å²) in [6.45, 7) is 11.4. The number of piperidine rings is 1. The maximum Gasteiger partial charge on any atom is 0.410 e. The molecule has 0 spiro atoms. The molecule has 3 saturated heterocycles. The lowest BCUT2D eigenvalue weighted by atomic mass is 9.89. The zero-order valence-corrected chi connectivity index (χ0v) is 23.4. The van der Waals surface area contributed by atoms with E-state index in [0.29, 0.717) is 11.8 Å². The summed E-state index contributed by atoms with van der Waals surface area (Å²) in [6.07, 6.45) is 4.03. The third kappa shape index (κ3) is 4.67. The van der Waals surface area contributed by atoms with Crippen LogP contribution >= 0.6 is 27.3 Å². The largest absolute Gasteiger partial charge is 0.444 e. The van der Waals surface area contributed by atoms with Crippen LogP contribution in [-0.2, 0) is 4.74 Å². The van der Waals surface area contributed by atoms with Gasteiger partial charge in [-0.1, -0.05) is 27.3 Å². The first-order valence-electron chi connectivity index (χ1n) is 12.8. The summed E-state index contributed by atoms with van der Waals surface area (Å²) in [5.74, 6) is 1.02. The topological polar surface area (TPSA) is 61.8 Å². The van der Waals surface area contributed by atoms with Crippen molar-refractivity contribution in [3.8, 4) is 10.6 Å². The maximum atomic E-state index is 12.7. The predicted octanol–water partition coefficient (Wildman–Crippen LogP) is 6.02. The van der Waals surface area contributed by atoms with Gasteiger partial charge in [-0.05, 0) is 69.7 Å². The van der Waals surface area contributed by atoms with E-state index in [9.17, 15) is 4.79 Å². The fourth-order valence-electron chi connectivity index (χ4n) is 5.47. The van der Waals surface area contributed by atoms with Gasteiger partial charge in [0.25, 0.3) is 0 Å². The zero-order chi connectivity index (χ0) is 25.0. The van der Waals surface area contributed by atoms with Crippen LogP contribution in [0.1, 0.15) is 33.6 Å². The van der Waals surface area contributed by atoms with E-state index in [4.69, 9.17) is 9.72 Å². The zero-order valence-electron chi connectivity index (χ0n) is 21.0. The molecule has 0 bridgehead atoms. The van der Waals surface area contributed by atoms with Gasteiger partial charge in [-0.15, -0.1) is 0 Å². The Hall–Kier alpha value is -2.39. The molecule has 7 nitrogen and oxygen atoms in total. The highest BCUT2D eigenvalue weighted by atomic mass is 79.9. The van der Waals surface area contributed by atoms with Crippen molar-refractivity contribution in [2.75, 3.05) is 49.1 Å². The molecule has 5 heterocycles. The lowest BCUT2D eigenvalue weighted by Crippen LogP contribution is -2.45. The first-order chi connectivity index (χ1) is 17.2. The molecule has 0 radical (unpaired) electrons. The number of ether oxygens (including phenoxy) is 1. The summed E-state index contributed by atoms with van der Waals surface area (Å²) in [6, 6.07) is 8.60. The first-order valence-corrected chi connectivity index (χ1v) is 14.4. The second-order valence-corrected chi connectivity index (χ2v) is 13.1. The number of carbonyl (C=O) groups excluding carboxylic acids is 1. The number of carbonyl (C=O) groups is 1. The van der Waals surface area contributed by atoms with Crippen LogP contribution in [-0.4, -0.2) is 65.8 Å². The summed E-state index contributed by atoms with van der Waals surface area (Å²) in [5, 5.41) is 2.25. The highest BCUT2D eigenvalue weighted by molar-refractivity contribution is 9.10. The molecule has 36 heavy (non-hydrogen) atoms. The number of pyridine rings is 1. The van der Waals surface area contributed by atoms with Gasteiger partial charge in [0.15, 0.2) is 5.13 Å². The summed E-state index contributed by atoms with van der Waals surface area (Å²) in [4.78, 5) is 30.3. The van der Waals surface area contributed by atoms with E-state index in [0.717, 1.165) is 76.8 Å². The minimum atomic E-state index is -0.470. The van der Waals surface area contributed by atoms with Crippen LogP contribution in [0, 0.1) is 11.8 Å². The molecule has 9 heteroatoms. The van der Waals surface area contributed by atoms with Crippen molar-refractivity contribution in [3.05, 3.63) is 34.9 Å². The SMILES string of the molecule is CC(C)(C)OC(=O)N1CCC2CN(c3cc(-c4cnc(N5CCC5)s4)nc4cc(Br)ccc34)CC2C1. The van der Waals surface area contributed by atoms with Crippen LogP contribution < -0.4 is 9.80 Å². The quantitative estimate of drug-likeness (QED) is 0.384. The van der Waals surface area contributed by atoms with Gasteiger partial charge in [0.05, 0.1) is 16.1 Å². The van der Waals surface area contributed by atoms with E-state index in [1.807, 2.05) is 31.9 Å². The lowest BCUT2D eigenvalue weighted by Gasteiger charge is -2.35. The van der Waals surface area contributed by atoms with Gasteiger partial charge in [0, 0.05) is 61.0 Å². The fourth-order valence-corrected chi connectivity index (χ4v) is 6.74. The Labute approximate surface area is 224 Å². The molecule has 1 amide bonds. The molecule has 0 aliphatic carbocycles. The van der Waals surface area contributed by atoms with Crippen molar-refractivity contribution in [2.45, 2.75) is 39.2 Å². The summed E-state index contributed by atoms with van der Waals surface area (Å²) in [5.41, 5.74) is 2.72. The maximum absolute atomic E-state index is 12.7. The standard InChI is InChI=1S/C27H32BrN5O2S/c1-27(2,3)35-26(34)32-10-7-17-14-33(16-18(17)15-32)23-12-22(30-21-11-19(28)5-6-20(21)23)24-13-29-25(36-24)31-8-4-9-31/h5-6,11-13,17-18H,4,7-10,14-16H2,1-3H3. The number of halogens is 1. The number of benzene rings is 1. The second-order valence-electron chi connectivity index (χ2n) is 11.2. The molecule has 3 fully saturated rings. The molecule has 0 saturated carbocycles. The Balaban J connectivity index is 1.28. The van der Waals surface area contributed by atoms with Crippen LogP contribution in [0.25, 0.3) is 21.5 Å². The number of hydrogen-bond donors (Lipinski definition) is 0. The smallest absolute Gasteiger partial charge is 0.410 e. The molecular formula is C27H32BrN5O2S. The highest BCUT2D eigenvalue weighted by Crippen LogP contribution is 2.40. The first kappa shape index (κ1) is 24.0. The minimum Gasteiger partial charge on any atom is -0.444 e. The number of fused-ring (bicyclic) bond motifs is 2. The lowest BCUT2D eigenvalue weighted by molar-refractivity contribution is 0.0140. The molecule has 2 unspecified atom stereocenters. The summed E-state index contributed by atoms with van der Waals surface area (Å²) in [7, 11) is 0. The van der Waals surface area contributed by atoms with Crippen LogP contribution in [0.5, 0.6) is 0 Å². The highest BCUT2D eigenvalue weighted by Gasteiger charge is 2.40. The Bertz CT molecular complexity index is 1300. The van der Waals surface area contributed by atoms with E-state index in [-0.39, 0.29) is 6.09 Å². The Morgan fingerprint density at radius 3 is 2.64 bits per heavy atom. The predicted molar refractivity (Wildman–Crippen MR) is 149 cm³/mol. The number of rotatable bonds is 3. The van der Waals surface area contributed by atoms with Gasteiger partial charge >= 0.3 is 6.09 Å². The minimum absolute atomic E-state index is 0.191. The van der Waals surface area contributed by atoms with Crippen molar-refractivity contribution in [3.63, 3.8) is 0 Å². The van der Waals surface area contributed by atoms with Crippen molar-refractivity contribution < 1.29 is 9.53 Å². The molecule has 3 aromatic rings. The van der Waals surface area contributed by atoms with Crippen LogP contribution in [0.4, 0.5) is 15.6 Å². The molecular weight excluding hydrogens is 538 g/mol. The van der Waals surface area contributed by atoms with Gasteiger partial charge < -0.3 is 19.4 Å². The van der Waals surface area contributed by atoms with Gasteiger partial charge in [0.1, 0.15) is 5.60 Å². The van der Waals surface area contributed by atoms with Crippen molar-refractivity contribution in [1.29, 1.82) is 0 Å². The number of hydrogen-bond acceptors (Lipinski definition) is 7. The Morgan fingerprint density at radius 1 is 1.08 bits per heavy atom. The van der Waals surface area contributed by atoms with Gasteiger partial charge in [-0.3, -0.25) is 0 Å². The Kier molecular flexibility index (Phi) is 6.11. The van der Waals surface area contributed by atoms with Gasteiger partial charge in [0.2, 0.25) is 0 Å². The average molecular weight is 571 g/mol. The molecule has 0 N–H and O–H groups in total. The fraction of sp³-hybridized carbons (Fsp3) is 0.519. The van der Waals surface area contributed by atoms with E-state index < -0.39 is 5.60 Å². The summed E-state index contributed by atoms with van der Waals surface area (Å²) >= 11 is 5.36. The van der Waals surface area contributed by atoms with E-state index in [2.05, 4.69) is 55.0 Å². The van der Waals surface area contributed by atoms with E-state index >= 15 is 0 Å². The number of aromatic nitrogens is 2. The number of nitrogens with zero attached hydrogens (tertiary/aromatic N) is 5. The van der Waals surface area contributed by atoms with Crippen molar-refractivity contribution >= 4 is 55.1 Å². The number of thiazole rings is 1. The van der Waals surface area contributed by atoms with Gasteiger partial charge in [-0.25, -0.2) is 14.8 Å². The molecule has 3 aliphatic heterocycles. The molecule has 1 aromatic carbocycles. The third-order valence-corrected chi connectivity index (χ3v) is 8.99. The van der Waals surface area contributed by atoms with Crippen LogP contribution in [0.2, 0.25) is 0 Å². The molecule has 6 rings (SSSR count). The van der Waals surface area contributed by atoms with Crippen molar-refractivity contribution in [2.24, 2.45) is 11.8 Å². The number of amides is 1.